The smallest absolute Gasteiger partial charge is 0.248 e. The van der Waals surface area contributed by atoms with Crippen molar-refractivity contribution in [1.29, 1.82) is 0 Å². The zero-order valence-electron chi connectivity index (χ0n) is 31.1. The van der Waals surface area contributed by atoms with Gasteiger partial charge in [0.1, 0.15) is 29.7 Å². The van der Waals surface area contributed by atoms with Crippen molar-refractivity contribution >= 4 is 10.9 Å². The van der Waals surface area contributed by atoms with E-state index >= 15 is 0 Å². The van der Waals surface area contributed by atoms with Crippen LogP contribution in [0.15, 0.2) is 77.6 Å². The molecule has 3 aliphatic heterocycles. The first kappa shape index (κ1) is 39.4. The molecule has 5 N–H and O–H groups in total. The Balaban J connectivity index is 0.00000481. The molecule has 1 aliphatic carbocycles. The molecule has 4 aliphatic rings. The molecular weight excluding hydrogens is 734 g/mol. The number of ether oxygens (including phenoxy) is 2. The molecule has 2 bridgehead atoms. The molecule has 8 rings (SSSR count). The van der Waals surface area contributed by atoms with Crippen LogP contribution in [0, 0.1) is 18.8 Å². The van der Waals surface area contributed by atoms with Gasteiger partial charge in [0.05, 0.1) is 44.5 Å². The molecule has 9 nitrogen and oxygen atoms in total. The summed E-state index contributed by atoms with van der Waals surface area (Å²) in [5, 5.41) is 37.3. The second-order valence-electron chi connectivity index (χ2n) is 15.8. The van der Waals surface area contributed by atoms with Crippen LogP contribution in [-0.2, 0) is 10.3 Å². The number of piperidine rings is 3. The number of hydrogen-bond acceptors (Lipinski definition) is 7. The Morgan fingerprint density at radius 3 is 2.49 bits per heavy atom. The number of quaternary nitrogens is 1. The van der Waals surface area contributed by atoms with Crippen LogP contribution in [0.1, 0.15) is 86.3 Å². The number of hydrogen-bond donors (Lipinski definition) is 5. The van der Waals surface area contributed by atoms with Crippen molar-refractivity contribution in [2.75, 3.05) is 45.9 Å². The lowest BCUT2D eigenvalue weighted by atomic mass is 9.80. The van der Waals surface area contributed by atoms with Gasteiger partial charge in [-0.1, -0.05) is 61.4 Å². The number of pyridine rings is 1. The summed E-state index contributed by atoms with van der Waals surface area (Å²) in [6.07, 6.45) is 7.23. The predicted molar refractivity (Wildman–Crippen MR) is 203 cm³/mol. The van der Waals surface area contributed by atoms with E-state index in [2.05, 4.69) is 48.4 Å². The van der Waals surface area contributed by atoms with Crippen LogP contribution in [0.5, 0.6) is 11.5 Å². The maximum absolute atomic E-state index is 12.1. The van der Waals surface area contributed by atoms with Crippen LogP contribution >= 0.6 is 0 Å². The zero-order valence-corrected chi connectivity index (χ0v) is 32.7. The number of fused-ring (bicyclic) bond motifs is 4. The largest absolute Gasteiger partial charge is 1.00 e. The monoisotopic (exact) mass is 789 g/mol. The van der Waals surface area contributed by atoms with Crippen molar-refractivity contribution in [3.05, 3.63) is 105 Å². The summed E-state index contributed by atoms with van der Waals surface area (Å²) in [4.78, 5) is 14.4. The summed E-state index contributed by atoms with van der Waals surface area (Å²) in [5.74, 6) is 1.71. The van der Waals surface area contributed by atoms with Gasteiger partial charge in [-0.25, -0.2) is 0 Å². The minimum absolute atomic E-state index is 0. The molecule has 0 spiro atoms. The molecule has 4 fully saturated rings. The standard InChI is InChI=1S/C43H55N3O6.BrH/c1-29-25-32(30(2)44-26-38(48)35-14-16-37(47)42-36(35)15-18-41(49)45-42)13-17-39(29)51-24-8-21-46-22-19-31(20-23-46)40(27-46)52-28-43(50,34-11-6-7-12-34)33-9-4-3-5-10-33;/h3-5,9-10,13-18,25,30-31,34,38,40,44,48,50H,6-8,11-12,19-24,26-28H2,1-2H3,(H-,45,47,49);1H/t30-,31?,38+,40+,43-,46?;/m1./s1. The fourth-order valence-corrected chi connectivity index (χ4v) is 9.28. The summed E-state index contributed by atoms with van der Waals surface area (Å²) < 4.78 is 14.1. The predicted octanol–water partition coefficient (Wildman–Crippen LogP) is 3.40. The Labute approximate surface area is 323 Å². The average Bonchev–Trinajstić information content (AvgIpc) is 3.72. The van der Waals surface area contributed by atoms with E-state index in [-0.39, 0.29) is 46.4 Å². The SMILES string of the molecule is Cc1cc([C@@H](C)NC[C@H](O)c2ccc(O)c3[nH]c(=O)ccc23)ccc1OCCC[N+]12CCC(CC1)[C@@H](OC[C@@](O)(c1ccccc1)C1CCCC1)C2.[Br-]. The molecule has 286 valence electrons. The third-order valence-electron chi connectivity index (χ3n) is 12.5. The van der Waals surface area contributed by atoms with Gasteiger partial charge >= 0.3 is 0 Å². The summed E-state index contributed by atoms with van der Waals surface area (Å²) in [6.45, 7) is 9.99. The highest BCUT2D eigenvalue weighted by Crippen LogP contribution is 2.43. The van der Waals surface area contributed by atoms with Crippen LogP contribution in [0.4, 0.5) is 0 Å². The summed E-state index contributed by atoms with van der Waals surface area (Å²) in [6, 6.07) is 22.7. The van der Waals surface area contributed by atoms with Crippen LogP contribution in [0.3, 0.4) is 0 Å². The lowest BCUT2D eigenvalue weighted by molar-refractivity contribution is -0.946. The highest BCUT2D eigenvalue weighted by Gasteiger charge is 2.48. The molecule has 4 heterocycles. The van der Waals surface area contributed by atoms with Gasteiger partial charge in [-0.15, -0.1) is 0 Å². The highest BCUT2D eigenvalue weighted by atomic mass is 79.9. The molecule has 1 saturated carbocycles. The molecule has 4 atom stereocenters. The Hall–Kier alpha value is -3.25. The second kappa shape index (κ2) is 17.0. The number of aryl methyl sites for hydroxylation is 1. The zero-order chi connectivity index (χ0) is 36.3. The quantitative estimate of drug-likeness (QED) is 0.0925. The van der Waals surface area contributed by atoms with E-state index in [1.54, 1.807) is 12.1 Å². The number of rotatable bonds is 15. The van der Waals surface area contributed by atoms with Crippen LogP contribution < -0.4 is 32.6 Å². The van der Waals surface area contributed by atoms with Gasteiger partial charge in [-0.2, -0.15) is 0 Å². The molecule has 1 aromatic heterocycles. The number of aromatic amines is 1. The van der Waals surface area contributed by atoms with Gasteiger partial charge in [-0.05, 0) is 73.1 Å². The number of aliphatic hydroxyl groups is 2. The molecule has 0 amide bonds. The number of phenols is 1. The van der Waals surface area contributed by atoms with E-state index in [0.29, 0.717) is 42.1 Å². The first-order valence-corrected chi connectivity index (χ1v) is 19.4. The molecule has 4 aromatic rings. The molecule has 10 heteroatoms. The normalized spacial score (nSPS) is 23.7. The van der Waals surface area contributed by atoms with Crippen molar-refractivity contribution < 1.29 is 46.3 Å². The van der Waals surface area contributed by atoms with Gasteiger partial charge in [-0.3, -0.25) is 4.79 Å². The summed E-state index contributed by atoms with van der Waals surface area (Å²) in [5.41, 5.74) is 2.92. The third kappa shape index (κ3) is 8.69. The molecule has 53 heavy (non-hydrogen) atoms. The van der Waals surface area contributed by atoms with E-state index in [1.807, 2.05) is 24.3 Å². The van der Waals surface area contributed by atoms with Crippen LogP contribution in [-0.4, -0.2) is 76.8 Å². The first-order chi connectivity index (χ1) is 25.1. The fourth-order valence-electron chi connectivity index (χ4n) is 9.28. The average molecular weight is 791 g/mol. The number of nitrogens with zero attached hydrogens (tertiary/aromatic N) is 1. The van der Waals surface area contributed by atoms with Crippen LogP contribution in [0.25, 0.3) is 10.9 Å². The number of H-pyrrole nitrogens is 1. The minimum atomic E-state index is -0.919. The number of halogens is 1. The van der Waals surface area contributed by atoms with Crippen molar-refractivity contribution in [2.45, 2.75) is 82.6 Å². The summed E-state index contributed by atoms with van der Waals surface area (Å²) >= 11 is 0. The molecule has 0 unspecified atom stereocenters. The van der Waals surface area contributed by atoms with E-state index in [1.165, 1.54) is 50.9 Å². The summed E-state index contributed by atoms with van der Waals surface area (Å²) in [7, 11) is 0. The van der Waals surface area contributed by atoms with Gasteiger partial charge in [0.2, 0.25) is 5.56 Å². The molecular formula is C43H56BrN3O6. The van der Waals surface area contributed by atoms with E-state index < -0.39 is 11.7 Å². The lowest BCUT2D eigenvalue weighted by Gasteiger charge is -2.53. The molecule has 3 saturated heterocycles. The van der Waals surface area contributed by atoms with Gasteiger partial charge in [0.25, 0.3) is 0 Å². The maximum atomic E-state index is 12.1. The van der Waals surface area contributed by atoms with Gasteiger partial charge in [0, 0.05) is 49.2 Å². The van der Waals surface area contributed by atoms with E-state index in [9.17, 15) is 20.1 Å². The first-order valence-electron chi connectivity index (χ1n) is 19.4. The van der Waals surface area contributed by atoms with E-state index in [0.717, 1.165) is 59.3 Å². The number of aromatic nitrogens is 1. The van der Waals surface area contributed by atoms with Crippen molar-refractivity contribution in [3.8, 4) is 11.5 Å². The number of aromatic hydroxyl groups is 1. The molecule has 0 radical (unpaired) electrons. The molecule has 3 aromatic carbocycles. The number of nitrogens with one attached hydrogen (secondary N) is 2. The van der Waals surface area contributed by atoms with E-state index in [4.69, 9.17) is 9.47 Å². The van der Waals surface area contributed by atoms with Crippen LogP contribution in [0.2, 0.25) is 0 Å². The Bertz CT molecular complexity index is 1870. The van der Waals surface area contributed by atoms with Crippen molar-refractivity contribution in [3.63, 3.8) is 0 Å². The highest BCUT2D eigenvalue weighted by molar-refractivity contribution is 5.87. The van der Waals surface area contributed by atoms with Gasteiger partial charge in [0.15, 0.2) is 0 Å². The number of aliphatic hydroxyl groups excluding tert-OH is 1. The lowest BCUT2D eigenvalue weighted by Crippen LogP contribution is -3.00. The Kier molecular flexibility index (Phi) is 12.7. The number of benzene rings is 3. The fraction of sp³-hybridized carbons (Fsp3) is 0.512. The third-order valence-corrected chi connectivity index (χ3v) is 12.5. The Morgan fingerprint density at radius 2 is 1.75 bits per heavy atom. The maximum Gasteiger partial charge on any atom is 0.248 e. The topological polar surface area (TPSA) is 124 Å². The Morgan fingerprint density at radius 1 is 1.00 bits per heavy atom. The minimum Gasteiger partial charge on any atom is -1.00 e. The van der Waals surface area contributed by atoms with Crippen molar-refractivity contribution in [1.82, 2.24) is 10.3 Å². The number of phenolic OH excluding ortho intramolecular Hbond substituents is 1. The second-order valence-corrected chi connectivity index (χ2v) is 15.8. The van der Waals surface area contributed by atoms with Gasteiger partial charge < -0.3 is 56.6 Å². The van der Waals surface area contributed by atoms with Crippen molar-refractivity contribution in [2.24, 2.45) is 11.8 Å².